The maximum atomic E-state index is 11.8. The van der Waals surface area contributed by atoms with Crippen LogP contribution >= 0.6 is 11.8 Å². The lowest BCUT2D eigenvalue weighted by molar-refractivity contribution is -0.116. The van der Waals surface area contributed by atoms with Crippen LogP contribution in [-0.4, -0.2) is 16.5 Å². The molecule has 0 atom stereocenters. The van der Waals surface area contributed by atoms with Crippen LogP contribution < -0.4 is 0 Å². The van der Waals surface area contributed by atoms with Gasteiger partial charge >= 0.3 is 0 Å². The number of aromatic nitrogens is 1. The van der Waals surface area contributed by atoms with Crippen molar-refractivity contribution in [3.63, 3.8) is 0 Å². The van der Waals surface area contributed by atoms with Gasteiger partial charge in [-0.05, 0) is 36.8 Å². The van der Waals surface area contributed by atoms with Gasteiger partial charge < -0.3 is 0 Å². The number of nitrogens with zero attached hydrogens (tertiary/aromatic N) is 1. The number of rotatable bonds is 5. The summed E-state index contributed by atoms with van der Waals surface area (Å²) in [5.41, 5.74) is 2.27. The van der Waals surface area contributed by atoms with E-state index in [1.165, 1.54) is 5.56 Å². The lowest BCUT2D eigenvalue weighted by atomic mass is 10.1. The van der Waals surface area contributed by atoms with Crippen LogP contribution in [0.2, 0.25) is 0 Å². The van der Waals surface area contributed by atoms with E-state index >= 15 is 0 Å². The van der Waals surface area contributed by atoms with Gasteiger partial charge in [0.05, 0.1) is 5.75 Å². The lowest BCUT2D eigenvalue weighted by Crippen LogP contribution is -2.05. The molecule has 0 aliphatic carbocycles. The quantitative estimate of drug-likeness (QED) is 0.770. The summed E-state index contributed by atoms with van der Waals surface area (Å²) >= 11 is 1.59. The molecule has 1 aromatic heterocycles. The fourth-order valence-electron chi connectivity index (χ4n) is 1.58. The standard InChI is InChI=1S/C15H15NOS/c1-12-2-4-15(5-3-12)18-11-14(17)10-13-6-8-16-9-7-13/h2-9H,10-11H2,1H3. The normalized spacial score (nSPS) is 10.3. The second-order valence-corrected chi connectivity index (χ2v) is 5.22. The Hall–Kier alpha value is -1.61. The largest absolute Gasteiger partial charge is 0.298 e. The highest BCUT2D eigenvalue weighted by Crippen LogP contribution is 2.18. The zero-order valence-corrected chi connectivity index (χ0v) is 11.1. The maximum absolute atomic E-state index is 11.8. The average molecular weight is 257 g/mol. The second kappa shape index (κ2) is 6.36. The highest BCUT2D eigenvalue weighted by molar-refractivity contribution is 8.00. The third-order valence-corrected chi connectivity index (χ3v) is 3.64. The molecule has 1 heterocycles. The van der Waals surface area contributed by atoms with Gasteiger partial charge in [0.15, 0.2) is 0 Å². The smallest absolute Gasteiger partial charge is 0.147 e. The van der Waals surface area contributed by atoms with E-state index in [0.29, 0.717) is 12.2 Å². The van der Waals surface area contributed by atoms with Crippen molar-refractivity contribution in [3.05, 3.63) is 59.9 Å². The van der Waals surface area contributed by atoms with Crippen molar-refractivity contribution >= 4 is 17.5 Å². The third kappa shape index (κ3) is 4.00. The first-order valence-corrected chi connectivity index (χ1v) is 6.82. The van der Waals surface area contributed by atoms with E-state index in [9.17, 15) is 4.79 Å². The summed E-state index contributed by atoms with van der Waals surface area (Å²) < 4.78 is 0. The summed E-state index contributed by atoms with van der Waals surface area (Å²) in [6, 6.07) is 12.0. The number of carbonyl (C=O) groups is 1. The highest BCUT2D eigenvalue weighted by Gasteiger charge is 2.04. The first-order chi connectivity index (χ1) is 8.74. The van der Waals surface area contributed by atoms with Crippen molar-refractivity contribution in [2.24, 2.45) is 0 Å². The number of carbonyl (C=O) groups excluding carboxylic acids is 1. The molecule has 0 unspecified atom stereocenters. The summed E-state index contributed by atoms with van der Waals surface area (Å²) in [6.45, 7) is 2.06. The van der Waals surface area contributed by atoms with Crippen LogP contribution in [0.5, 0.6) is 0 Å². The number of benzene rings is 1. The number of hydrogen-bond acceptors (Lipinski definition) is 3. The zero-order chi connectivity index (χ0) is 12.8. The minimum atomic E-state index is 0.242. The number of aryl methyl sites for hydroxylation is 1. The van der Waals surface area contributed by atoms with Crippen molar-refractivity contribution in [2.75, 3.05) is 5.75 Å². The molecule has 2 rings (SSSR count). The molecule has 3 heteroatoms. The first kappa shape index (κ1) is 12.8. The van der Waals surface area contributed by atoms with Crippen LogP contribution in [0.4, 0.5) is 0 Å². The van der Waals surface area contributed by atoms with Gasteiger partial charge in [-0.15, -0.1) is 11.8 Å². The Kier molecular flexibility index (Phi) is 4.53. The molecule has 92 valence electrons. The Bertz CT molecular complexity index is 508. The van der Waals surface area contributed by atoms with Crippen molar-refractivity contribution in [2.45, 2.75) is 18.2 Å². The van der Waals surface area contributed by atoms with E-state index in [0.717, 1.165) is 10.5 Å². The van der Waals surface area contributed by atoms with E-state index in [2.05, 4.69) is 36.2 Å². The molecular formula is C15H15NOS. The predicted molar refractivity (Wildman–Crippen MR) is 74.9 cm³/mol. The first-order valence-electron chi connectivity index (χ1n) is 5.84. The van der Waals surface area contributed by atoms with Gasteiger partial charge in [-0.2, -0.15) is 0 Å². The Morgan fingerprint density at radius 1 is 1.11 bits per heavy atom. The summed E-state index contributed by atoms with van der Waals surface area (Å²) in [6.07, 6.45) is 3.92. The minimum absolute atomic E-state index is 0.242. The Balaban J connectivity index is 1.83. The SMILES string of the molecule is Cc1ccc(SCC(=O)Cc2ccncc2)cc1. The van der Waals surface area contributed by atoms with Crippen LogP contribution in [0.1, 0.15) is 11.1 Å². The topological polar surface area (TPSA) is 30.0 Å². The van der Waals surface area contributed by atoms with Crippen LogP contribution in [0, 0.1) is 6.92 Å². The number of hydrogen-bond donors (Lipinski definition) is 0. The van der Waals surface area contributed by atoms with E-state index in [1.807, 2.05) is 12.1 Å². The van der Waals surface area contributed by atoms with Gasteiger partial charge in [0, 0.05) is 23.7 Å². The fourth-order valence-corrected chi connectivity index (χ4v) is 2.34. The maximum Gasteiger partial charge on any atom is 0.147 e. The van der Waals surface area contributed by atoms with Gasteiger partial charge in [0.2, 0.25) is 0 Å². The molecule has 18 heavy (non-hydrogen) atoms. The summed E-state index contributed by atoms with van der Waals surface area (Å²) in [5.74, 6) is 0.762. The number of ketones is 1. The number of Topliss-reactive ketones (excluding diaryl/α,β-unsaturated/α-hetero) is 1. The van der Waals surface area contributed by atoms with Gasteiger partial charge in [0.25, 0.3) is 0 Å². The molecule has 0 spiro atoms. The molecule has 0 aliphatic heterocycles. The molecule has 0 saturated carbocycles. The molecule has 1 aromatic carbocycles. The highest BCUT2D eigenvalue weighted by atomic mass is 32.2. The van der Waals surface area contributed by atoms with Crippen LogP contribution in [0.15, 0.2) is 53.7 Å². The second-order valence-electron chi connectivity index (χ2n) is 4.17. The Morgan fingerprint density at radius 2 is 1.78 bits per heavy atom. The van der Waals surface area contributed by atoms with Crippen molar-refractivity contribution in [1.82, 2.24) is 4.98 Å². The Morgan fingerprint density at radius 3 is 2.44 bits per heavy atom. The van der Waals surface area contributed by atoms with Gasteiger partial charge in [-0.1, -0.05) is 17.7 Å². The summed E-state index contributed by atoms with van der Waals surface area (Å²) in [7, 11) is 0. The molecule has 0 saturated heterocycles. The van der Waals surface area contributed by atoms with Gasteiger partial charge in [-0.25, -0.2) is 0 Å². The van der Waals surface area contributed by atoms with Crippen molar-refractivity contribution in [1.29, 1.82) is 0 Å². The van der Waals surface area contributed by atoms with Crippen molar-refractivity contribution < 1.29 is 4.79 Å². The fraction of sp³-hybridized carbons (Fsp3) is 0.200. The molecule has 0 aliphatic rings. The molecular weight excluding hydrogens is 242 g/mol. The minimum Gasteiger partial charge on any atom is -0.298 e. The summed E-state index contributed by atoms with van der Waals surface area (Å²) in [4.78, 5) is 16.9. The molecule has 2 aromatic rings. The van der Waals surface area contributed by atoms with Crippen LogP contribution in [-0.2, 0) is 11.2 Å². The Labute approximate surface area is 111 Å². The summed E-state index contributed by atoms with van der Waals surface area (Å²) in [5, 5.41) is 0. The molecule has 0 bridgehead atoms. The van der Waals surface area contributed by atoms with Gasteiger partial charge in [0.1, 0.15) is 5.78 Å². The van der Waals surface area contributed by atoms with Crippen LogP contribution in [0.3, 0.4) is 0 Å². The lowest BCUT2D eigenvalue weighted by Gasteiger charge is -2.02. The zero-order valence-electron chi connectivity index (χ0n) is 10.3. The van der Waals surface area contributed by atoms with Gasteiger partial charge in [-0.3, -0.25) is 9.78 Å². The number of pyridine rings is 1. The van der Waals surface area contributed by atoms with Crippen LogP contribution in [0.25, 0.3) is 0 Å². The molecule has 2 nitrogen and oxygen atoms in total. The average Bonchev–Trinajstić information content (AvgIpc) is 2.39. The van der Waals surface area contributed by atoms with Crippen molar-refractivity contribution in [3.8, 4) is 0 Å². The molecule has 0 N–H and O–H groups in total. The third-order valence-electron chi connectivity index (χ3n) is 2.57. The predicted octanol–water partition coefficient (Wildman–Crippen LogP) is 3.29. The molecule has 0 radical (unpaired) electrons. The molecule has 0 amide bonds. The van der Waals surface area contributed by atoms with E-state index < -0.39 is 0 Å². The monoisotopic (exact) mass is 257 g/mol. The van der Waals surface area contributed by atoms with E-state index in [1.54, 1.807) is 24.2 Å². The number of thioether (sulfide) groups is 1. The van der Waals surface area contributed by atoms with E-state index in [4.69, 9.17) is 0 Å². The van der Waals surface area contributed by atoms with E-state index in [-0.39, 0.29) is 5.78 Å². The molecule has 0 fully saturated rings.